The summed E-state index contributed by atoms with van der Waals surface area (Å²) in [6.07, 6.45) is 0.222. The first-order chi connectivity index (χ1) is 12.4. The summed E-state index contributed by atoms with van der Waals surface area (Å²) in [6, 6.07) is 11.1. The van der Waals surface area contributed by atoms with Crippen molar-refractivity contribution in [3.63, 3.8) is 0 Å². The maximum absolute atomic E-state index is 12.9. The Labute approximate surface area is 156 Å². The molecule has 0 N–H and O–H groups in total. The number of benzene rings is 2. The lowest BCUT2D eigenvalue weighted by Gasteiger charge is -2.31. The van der Waals surface area contributed by atoms with Crippen molar-refractivity contribution in [3.05, 3.63) is 68.7 Å². The molecular weight excluding hydrogens is 358 g/mol. The number of carbonyl (C=O) groups is 1. The number of rotatable bonds is 7. The van der Waals surface area contributed by atoms with E-state index < -0.39 is 16.3 Å². The molecule has 0 bridgehead atoms. The van der Waals surface area contributed by atoms with Gasteiger partial charge >= 0.3 is 5.97 Å². The highest BCUT2D eigenvalue weighted by Crippen LogP contribution is 2.45. The fraction of sp³-hybridized carbons (Fsp3) is 0.316. The van der Waals surface area contributed by atoms with E-state index in [0.717, 1.165) is 0 Å². The average molecular weight is 378 g/mol. The van der Waals surface area contributed by atoms with E-state index in [-0.39, 0.29) is 17.7 Å². The smallest absolute Gasteiger partial charge is 0.321 e. The minimum Gasteiger partial charge on any atom is -0.494 e. The number of methoxy groups -OCH3 is 1. The largest absolute Gasteiger partial charge is 0.494 e. The predicted octanol–water partition coefficient (Wildman–Crippen LogP) is 4.52. The minimum atomic E-state index is -1.43. The maximum atomic E-state index is 12.9. The van der Waals surface area contributed by atoms with Crippen molar-refractivity contribution in [2.45, 2.75) is 25.7 Å². The zero-order valence-electron chi connectivity index (χ0n) is 14.8. The Morgan fingerprint density at radius 3 is 2.42 bits per heavy atom. The zero-order valence-corrected chi connectivity index (χ0v) is 15.6. The number of ether oxygens (including phenoxy) is 2. The van der Waals surface area contributed by atoms with Crippen LogP contribution in [0.4, 0.5) is 5.69 Å². The van der Waals surface area contributed by atoms with Crippen molar-refractivity contribution < 1.29 is 19.2 Å². The van der Waals surface area contributed by atoms with Gasteiger partial charge in [0.1, 0.15) is 11.2 Å². The molecule has 0 heterocycles. The Kier molecular flexibility index (Phi) is 6.21. The van der Waals surface area contributed by atoms with Gasteiger partial charge in [-0.3, -0.25) is 14.9 Å². The molecule has 0 fully saturated rings. The van der Waals surface area contributed by atoms with Gasteiger partial charge in [0.2, 0.25) is 0 Å². The van der Waals surface area contributed by atoms with Crippen LogP contribution >= 0.6 is 11.6 Å². The van der Waals surface area contributed by atoms with E-state index in [0.29, 0.717) is 22.9 Å². The molecule has 0 spiro atoms. The molecule has 26 heavy (non-hydrogen) atoms. The highest BCUT2D eigenvalue weighted by molar-refractivity contribution is 6.31. The molecule has 1 atom stereocenters. The highest BCUT2D eigenvalue weighted by Gasteiger charge is 2.47. The van der Waals surface area contributed by atoms with Crippen molar-refractivity contribution in [2.75, 3.05) is 13.7 Å². The number of hydrogen-bond donors (Lipinski definition) is 0. The summed E-state index contributed by atoms with van der Waals surface area (Å²) in [4.78, 5) is 24.1. The van der Waals surface area contributed by atoms with Crippen molar-refractivity contribution >= 4 is 23.3 Å². The molecule has 0 radical (unpaired) electrons. The lowest BCUT2D eigenvalue weighted by Crippen LogP contribution is -2.38. The fourth-order valence-electron chi connectivity index (χ4n) is 3.14. The van der Waals surface area contributed by atoms with Crippen LogP contribution in [-0.4, -0.2) is 24.6 Å². The summed E-state index contributed by atoms with van der Waals surface area (Å²) in [6.45, 7) is 3.96. The molecular formula is C19H20ClNO5. The molecule has 0 amide bonds. The van der Waals surface area contributed by atoms with E-state index in [1.165, 1.54) is 25.3 Å². The molecule has 1 unspecified atom stereocenters. The van der Waals surface area contributed by atoms with Gasteiger partial charge in [-0.1, -0.05) is 36.7 Å². The van der Waals surface area contributed by atoms with E-state index >= 15 is 0 Å². The van der Waals surface area contributed by atoms with Gasteiger partial charge in [-0.25, -0.2) is 0 Å². The monoisotopic (exact) mass is 377 g/mol. The van der Waals surface area contributed by atoms with Crippen LogP contribution in [0.15, 0.2) is 42.5 Å². The van der Waals surface area contributed by atoms with E-state index in [4.69, 9.17) is 21.1 Å². The van der Waals surface area contributed by atoms with E-state index in [1.807, 2.05) is 6.92 Å². The Balaban J connectivity index is 2.90. The van der Waals surface area contributed by atoms with Crippen molar-refractivity contribution in [1.29, 1.82) is 0 Å². The van der Waals surface area contributed by atoms with Gasteiger partial charge in [0, 0.05) is 11.1 Å². The standard InChI is InChI=1S/C19H20ClNO5/c1-4-19(18(22)25-3,14-8-6-7-9-16(14)20)15-12-13(26-5-2)10-11-17(15)21(23)24/h6-12H,4-5H2,1-3H3. The van der Waals surface area contributed by atoms with Gasteiger partial charge in [-0.05, 0) is 37.1 Å². The lowest BCUT2D eigenvalue weighted by molar-refractivity contribution is -0.386. The minimum absolute atomic E-state index is 0.191. The second-order valence-electron chi connectivity index (χ2n) is 5.60. The summed E-state index contributed by atoms with van der Waals surface area (Å²) in [5, 5.41) is 12.0. The summed E-state index contributed by atoms with van der Waals surface area (Å²) in [5.74, 6) is -0.188. The van der Waals surface area contributed by atoms with Crippen LogP contribution in [0.25, 0.3) is 0 Å². The number of esters is 1. The van der Waals surface area contributed by atoms with Gasteiger partial charge in [-0.2, -0.15) is 0 Å². The first-order valence-corrected chi connectivity index (χ1v) is 8.55. The van der Waals surface area contributed by atoms with E-state index in [9.17, 15) is 14.9 Å². The molecule has 2 aromatic rings. The number of nitro groups is 1. The molecule has 6 nitrogen and oxygen atoms in total. The normalized spacial score (nSPS) is 12.9. The molecule has 0 aromatic heterocycles. The van der Waals surface area contributed by atoms with Crippen LogP contribution in [0.1, 0.15) is 31.4 Å². The van der Waals surface area contributed by atoms with Gasteiger partial charge in [-0.15, -0.1) is 0 Å². The van der Waals surface area contributed by atoms with Gasteiger partial charge in [0.05, 0.1) is 24.2 Å². The Morgan fingerprint density at radius 1 is 1.19 bits per heavy atom. The van der Waals surface area contributed by atoms with Gasteiger partial charge in [0.15, 0.2) is 0 Å². The number of halogens is 1. The molecule has 0 saturated heterocycles. The molecule has 0 aliphatic heterocycles. The Morgan fingerprint density at radius 2 is 1.88 bits per heavy atom. The lowest BCUT2D eigenvalue weighted by atomic mass is 9.71. The van der Waals surface area contributed by atoms with Crippen LogP contribution in [0, 0.1) is 10.1 Å². The highest BCUT2D eigenvalue weighted by atomic mass is 35.5. The van der Waals surface area contributed by atoms with Crippen molar-refractivity contribution in [2.24, 2.45) is 0 Å². The quantitative estimate of drug-likeness (QED) is 0.403. The van der Waals surface area contributed by atoms with E-state index in [2.05, 4.69) is 0 Å². The van der Waals surface area contributed by atoms with Crippen molar-refractivity contribution in [1.82, 2.24) is 0 Å². The van der Waals surface area contributed by atoms with Crippen LogP contribution in [0.2, 0.25) is 5.02 Å². The van der Waals surface area contributed by atoms with Crippen LogP contribution in [0.5, 0.6) is 5.75 Å². The molecule has 0 aliphatic carbocycles. The molecule has 2 rings (SSSR count). The third-order valence-corrected chi connectivity index (χ3v) is 4.66. The third-order valence-electron chi connectivity index (χ3n) is 4.33. The predicted molar refractivity (Wildman–Crippen MR) is 98.8 cm³/mol. The SMILES string of the molecule is CCOc1ccc([N+](=O)[O-])c(C(CC)(C(=O)OC)c2ccccc2Cl)c1. The molecule has 7 heteroatoms. The second kappa shape index (κ2) is 8.19. The number of nitro benzene ring substituents is 1. The molecule has 138 valence electrons. The second-order valence-corrected chi connectivity index (χ2v) is 6.01. The van der Waals surface area contributed by atoms with Gasteiger partial charge in [0.25, 0.3) is 5.69 Å². The maximum Gasteiger partial charge on any atom is 0.321 e. The van der Waals surface area contributed by atoms with E-state index in [1.54, 1.807) is 31.2 Å². The number of hydrogen-bond acceptors (Lipinski definition) is 5. The molecule has 0 aliphatic rings. The summed E-state index contributed by atoms with van der Waals surface area (Å²) < 4.78 is 10.5. The average Bonchev–Trinajstić information content (AvgIpc) is 2.64. The van der Waals surface area contributed by atoms with Crippen molar-refractivity contribution in [3.8, 4) is 5.75 Å². The Bertz CT molecular complexity index is 823. The topological polar surface area (TPSA) is 78.7 Å². The van der Waals surface area contributed by atoms with Crippen LogP contribution in [0.3, 0.4) is 0 Å². The third kappa shape index (κ3) is 3.37. The summed E-state index contributed by atoms with van der Waals surface area (Å²) in [5.41, 5.74) is -0.980. The Hall–Kier alpha value is -2.60. The first-order valence-electron chi connectivity index (χ1n) is 8.17. The number of nitrogens with zero attached hydrogens (tertiary/aromatic N) is 1. The summed E-state index contributed by atoms with van der Waals surface area (Å²) in [7, 11) is 1.25. The van der Waals surface area contributed by atoms with Crippen LogP contribution in [-0.2, 0) is 14.9 Å². The molecule has 2 aromatic carbocycles. The molecule has 0 saturated carbocycles. The van der Waals surface area contributed by atoms with Crippen LogP contribution < -0.4 is 4.74 Å². The zero-order chi connectivity index (χ0) is 19.3. The number of carbonyl (C=O) groups excluding carboxylic acids is 1. The summed E-state index contributed by atoms with van der Waals surface area (Å²) >= 11 is 6.36. The first kappa shape index (κ1) is 19.7. The fourth-order valence-corrected chi connectivity index (χ4v) is 3.44. The van der Waals surface area contributed by atoms with Gasteiger partial charge < -0.3 is 9.47 Å².